The molecule has 0 N–H and O–H groups in total. The zero-order valence-electron chi connectivity index (χ0n) is 11.4. The maximum absolute atomic E-state index is 12.0. The molecule has 1 saturated heterocycles. The number of aryl methyl sites for hydroxylation is 1. The summed E-state index contributed by atoms with van der Waals surface area (Å²) < 4.78 is 5.36. The Labute approximate surface area is 113 Å². The fourth-order valence-electron chi connectivity index (χ4n) is 2.24. The van der Waals surface area contributed by atoms with Crippen molar-refractivity contribution < 1.29 is 14.3 Å². The Hall–Kier alpha value is -1.84. The minimum absolute atomic E-state index is 0.0744. The van der Waals surface area contributed by atoms with Crippen LogP contribution in [-0.2, 0) is 9.59 Å². The lowest BCUT2D eigenvalue weighted by Gasteiger charge is -2.29. The molecule has 1 aromatic rings. The molecule has 1 aromatic carbocycles. The zero-order valence-corrected chi connectivity index (χ0v) is 11.4. The van der Waals surface area contributed by atoms with Crippen molar-refractivity contribution in [3.05, 3.63) is 29.8 Å². The van der Waals surface area contributed by atoms with Crippen molar-refractivity contribution >= 4 is 11.9 Å². The summed E-state index contributed by atoms with van der Waals surface area (Å²) >= 11 is 0. The highest BCUT2D eigenvalue weighted by atomic mass is 16.5. The van der Waals surface area contributed by atoms with Gasteiger partial charge in [0.2, 0.25) is 5.91 Å². The van der Waals surface area contributed by atoms with Crippen LogP contribution in [0.5, 0.6) is 5.75 Å². The molecule has 102 valence electrons. The van der Waals surface area contributed by atoms with E-state index in [4.69, 9.17) is 4.74 Å². The molecule has 0 aliphatic carbocycles. The number of hydrogen-bond acceptors (Lipinski definition) is 3. The average molecular weight is 261 g/mol. The SMILES string of the molecule is CC(=O)N1CCC(C(=O)Oc2ccc(C)cc2)CC1. The highest BCUT2D eigenvalue weighted by Crippen LogP contribution is 2.21. The molecule has 0 aromatic heterocycles. The summed E-state index contributed by atoms with van der Waals surface area (Å²) in [7, 11) is 0. The van der Waals surface area contributed by atoms with Crippen LogP contribution in [0, 0.1) is 12.8 Å². The smallest absolute Gasteiger partial charge is 0.314 e. The molecule has 2 rings (SSSR count). The Kier molecular flexibility index (Phi) is 4.20. The minimum atomic E-state index is -0.188. The predicted molar refractivity (Wildman–Crippen MR) is 71.8 cm³/mol. The third-order valence-electron chi connectivity index (χ3n) is 3.51. The lowest BCUT2D eigenvalue weighted by atomic mass is 9.97. The number of esters is 1. The van der Waals surface area contributed by atoms with Crippen LogP contribution in [0.1, 0.15) is 25.3 Å². The van der Waals surface area contributed by atoms with E-state index in [2.05, 4.69) is 0 Å². The van der Waals surface area contributed by atoms with Crippen LogP contribution < -0.4 is 4.74 Å². The molecule has 1 aliphatic rings. The van der Waals surface area contributed by atoms with Crippen LogP contribution in [0.3, 0.4) is 0 Å². The van der Waals surface area contributed by atoms with E-state index in [9.17, 15) is 9.59 Å². The molecular formula is C15H19NO3. The monoisotopic (exact) mass is 261 g/mol. The first-order valence-electron chi connectivity index (χ1n) is 6.60. The Morgan fingerprint density at radius 2 is 1.74 bits per heavy atom. The van der Waals surface area contributed by atoms with Gasteiger partial charge in [-0.1, -0.05) is 17.7 Å². The molecule has 0 atom stereocenters. The molecule has 1 fully saturated rings. The fraction of sp³-hybridized carbons (Fsp3) is 0.467. The zero-order chi connectivity index (χ0) is 13.8. The van der Waals surface area contributed by atoms with E-state index >= 15 is 0 Å². The second-order valence-corrected chi connectivity index (χ2v) is 5.01. The molecule has 19 heavy (non-hydrogen) atoms. The van der Waals surface area contributed by atoms with Crippen LogP contribution in [0.4, 0.5) is 0 Å². The van der Waals surface area contributed by atoms with E-state index in [0.717, 1.165) is 5.56 Å². The van der Waals surface area contributed by atoms with Gasteiger partial charge in [0.25, 0.3) is 0 Å². The maximum atomic E-state index is 12.0. The first kappa shape index (κ1) is 13.6. The van der Waals surface area contributed by atoms with Gasteiger partial charge in [-0.05, 0) is 31.9 Å². The second-order valence-electron chi connectivity index (χ2n) is 5.01. The topological polar surface area (TPSA) is 46.6 Å². The minimum Gasteiger partial charge on any atom is -0.426 e. The molecular weight excluding hydrogens is 242 g/mol. The third kappa shape index (κ3) is 3.56. The van der Waals surface area contributed by atoms with Crippen molar-refractivity contribution in [2.24, 2.45) is 5.92 Å². The van der Waals surface area contributed by atoms with Gasteiger partial charge in [-0.15, -0.1) is 0 Å². The Bertz CT molecular complexity index is 459. The van der Waals surface area contributed by atoms with Gasteiger partial charge in [0.1, 0.15) is 5.75 Å². The Balaban J connectivity index is 1.88. The summed E-state index contributed by atoms with van der Waals surface area (Å²) in [5.74, 6) is 0.374. The van der Waals surface area contributed by atoms with Crippen LogP contribution in [0.15, 0.2) is 24.3 Å². The number of hydrogen-bond donors (Lipinski definition) is 0. The summed E-state index contributed by atoms with van der Waals surface area (Å²) in [5, 5.41) is 0. The lowest BCUT2D eigenvalue weighted by Crippen LogP contribution is -2.40. The first-order valence-corrected chi connectivity index (χ1v) is 6.60. The van der Waals surface area contributed by atoms with Crippen molar-refractivity contribution in [3.8, 4) is 5.75 Å². The number of carbonyl (C=O) groups is 2. The van der Waals surface area contributed by atoms with Gasteiger partial charge in [-0.3, -0.25) is 9.59 Å². The van der Waals surface area contributed by atoms with Crippen molar-refractivity contribution in [2.45, 2.75) is 26.7 Å². The van der Waals surface area contributed by atoms with Crippen LogP contribution in [0.25, 0.3) is 0 Å². The Morgan fingerprint density at radius 3 is 2.26 bits per heavy atom. The first-order chi connectivity index (χ1) is 9.06. The highest BCUT2D eigenvalue weighted by Gasteiger charge is 2.27. The maximum Gasteiger partial charge on any atom is 0.314 e. The summed E-state index contributed by atoms with van der Waals surface area (Å²) in [6.45, 7) is 4.83. The van der Waals surface area contributed by atoms with Gasteiger partial charge in [0.15, 0.2) is 0 Å². The average Bonchev–Trinajstić information content (AvgIpc) is 2.41. The van der Waals surface area contributed by atoms with Crippen LogP contribution in [0.2, 0.25) is 0 Å². The molecule has 4 heteroatoms. The molecule has 0 bridgehead atoms. The predicted octanol–water partition coefficient (Wildman–Crippen LogP) is 2.16. The van der Waals surface area contributed by atoms with Gasteiger partial charge in [0.05, 0.1) is 5.92 Å². The molecule has 4 nitrogen and oxygen atoms in total. The number of ether oxygens (including phenoxy) is 1. The van der Waals surface area contributed by atoms with E-state index in [1.54, 1.807) is 24.0 Å². The second kappa shape index (κ2) is 5.87. The van der Waals surface area contributed by atoms with E-state index in [-0.39, 0.29) is 17.8 Å². The molecule has 0 spiro atoms. The van der Waals surface area contributed by atoms with E-state index in [1.165, 1.54) is 0 Å². The molecule has 1 heterocycles. The van der Waals surface area contributed by atoms with Gasteiger partial charge >= 0.3 is 5.97 Å². The lowest BCUT2D eigenvalue weighted by molar-refractivity contribution is -0.142. The Morgan fingerprint density at radius 1 is 1.16 bits per heavy atom. The number of likely N-dealkylation sites (tertiary alicyclic amines) is 1. The van der Waals surface area contributed by atoms with Crippen molar-refractivity contribution in [3.63, 3.8) is 0 Å². The fourth-order valence-corrected chi connectivity index (χ4v) is 2.24. The molecule has 1 aliphatic heterocycles. The van der Waals surface area contributed by atoms with Gasteiger partial charge in [-0.2, -0.15) is 0 Å². The van der Waals surface area contributed by atoms with E-state index in [1.807, 2.05) is 19.1 Å². The summed E-state index contributed by atoms with van der Waals surface area (Å²) in [5.41, 5.74) is 1.13. The number of amides is 1. The van der Waals surface area contributed by atoms with Crippen LogP contribution >= 0.6 is 0 Å². The number of rotatable bonds is 2. The summed E-state index contributed by atoms with van der Waals surface area (Å²) in [4.78, 5) is 25.0. The third-order valence-corrected chi connectivity index (χ3v) is 3.51. The van der Waals surface area contributed by atoms with Gasteiger partial charge in [0, 0.05) is 20.0 Å². The van der Waals surface area contributed by atoms with E-state index in [0.29, 0.717) is 31.7 Å². The highest BCUT2D eigenvalue weighted by molar-refractivity contribution is 5.76. The quantitative estimate of drug-likeness (QED) is 0.605. The van der Waals surface area contributed by atoms with Crippen molar-refractivity contribution in [1.29, 1.82) is 0 Å². The number of piperidine rings is 1. The number of benzene rings is 1. The van der Waals surface area contributed by atoms with Crippen molar-refractivity contribution in [1.82, 2.24) is 4.90 Å². The molecule has 0 saturated carbocycles. The number of nitrogens with zero attached hydrogens (tertiary/aromatic N) is 1. The molecule has 1 amide bonds. The van der Waals surface area contributed by atoms with Crippen LogP contribution in [-0.4, -0.2) is 29.9 Å². The van der Waals surface area contributed by atoms with E-state index < -0.39 is 0 Å². The standard InChI is InChI=1S/C15H19NO3/c1-11-3-5-14(6-4-11)19-15(18)13-7-9-16(10-8-13)12(2)17/h3-6,13H,7-10H2,1-2H3. The molecule has 0 radical (unpaired) electrons. The number of carbonyl (C=O) groups excluding carboxylic acids is 2. The normalized spacial score (nSPS) is 16.2. The van der Waals surface area contributed by atoms with Gasteiger partial charge < -0.3 is 9.64 Å². The largest absolute Gasteiger partial charge is 0.426 e. The van der Waals surface area contributed by atoms with Gasteiger partial charge in [-0.25, -0.2) is 0 Å². The summed E-state index contributed by atoms with van der Waals surface area (Å²) in [6.07, 6.45) is 1.37. The molecule has 0 unspecified atom stereocenters. The summed E-state index contributed by atoms with van der Waals surface area (Å²) in [6, 6.07) is 7.44. The van der Waals surface area contributed by atoms with Crippen molar-refractivity contribution in [2.75, 3.05) is 13.1 Å².